The van der Waals surface area contributed by atoms with E-state index in [1.54, 1.807) is 14.2 Å². The van der Waals surface area contributed by atoms with Crippen molar-refractivity contribution in [3.8, 4) is 11.5 Å². The highest BCUT2D eigenvalue weighted by molar-refractivity contribution is 5.51. The first kappa shape index (κ1) is 13.8. The predicted octanol–water partition coefficient (Wildman–Crippen LogP) is 2.55. The highest BCUT2D eigenvalue weighted by Crippen LogP contribution is 2.35. The summed E-state index contributed by atoms with van der Waals surface area (Å²) >= 11 is 0. The largest absolute Gasteiger partial charge is 0.493 e. The van der Waals surface area contributed by atoms with Crippen molar-refractivity contribution < 1.29 is 9.47 Å². The number of rotatable bonds is 5. The molecule has 0 radical (unpaired) electrons. The molecule has 0 spiro atoms. The van der Waals surface area contributed by atoms with Gasteiger partial charge in [-0.25, -0.2) is 0 Å². The molecule has 3 nitrogen and oxygen atoms in total. The average Bonchev–Trinajstić information content (AvgIpc) is 2.26. The molecule has 0 aromatic heterocycles. The zero-order chi connectivity index (χ0) is 13.1. The van der Waals surface area contributed by atoms with Gasteiger partial charge in [0.05, 0.1) is 14.2 Å². The Balaban J connectivity index is 3.30. The van der Waals surface area contributed by atoms with E-state index in [4.69, 9.17) is 15.2 Å². The molecule has 0 saturated carbocycles. The van der Waals surface area contributed by atoms with Crippen LogP contribution >= 0.6 is 0 Å². The van der Waals surface area contributed by atoms with E-state index < -0.39 is 0 Å². The van der Waals surface area contributed by atoms with Gasteiger partial charge in [-0.3, -0.25) is 0 Å². The molecule has 0 aliphatic carbocycles. The van der Waals surface area contributed by atoms with Gasteiger partial charge in [-0.2, -0.15) is 0 Å². The molecule has 3 heteroatoms. The molecule has 0 aliphatic rings. The van der Waals surface area contributed by atoms with Crippen LogP contribution in [0.15, 0.2) is 12.1 Å². The zero-order valence-corrected chi connectivity index (χ0v) is 11.5. The lowest BCUT2D eigenvalue weighted by molar-refractivity contribution is 0.348. The van der Waals surface area contributed by atoms with E-state index in [0.29, 0.717) is 0 Å². The summed E-state index contributed by atoms with van der Waals surface area (Å²) in [5.74, 6) is 1.58. The van der Waals surface area contributed by atoms with Crippen LogP contribution in [0, 0.1) is 0 Å². The van der Waals surface area contributed by atoms with Crippen LogP contribution in [0.3, 0.4) is 0 Å². The van der Waals surface area contributed by atoms with Crippen molar-refractivity contribution in [1.29, 1.82) is 0 Å². The minimum absolute atomic E-state index is 0.260. The lowest BCUT2D eigenvalue weighted by Gasteiger charge is -2.23. The maximum atomic E-state index is 6.11. The zero-order valence-electron chi connectivity index (χ0n) is 11.5. The molecule has 17 heavy (non-hydrogen) atoms. The van der Waals surface area contributed by atoms with Crippen LogP contribution in [-0.2, 0) is 12.8 Å². The summed E-state index contributed by atoms with van der Waals surface area (Å²) in [4.78, 5) is 0. The summed E-state index contributed by atoms with van der Waals surface area (Å²) in [7, 11) is 3.32. The third-order valence-corrected chi connectivity index (χ3v) is 2.76. The Morgan fingerprint density at radius 1 is 1.18 bits per heavy atom. The van der Waals surface area contributed by atoms with Crippen molar-refractivity contribution in [1.82, 2.24) is 0 Å². The number of hydrogen-bond donors (Lipinski definition) is 1. The molecule has 2 N–H and O–H groups in total. The maximum absolute atomic E-state index is 6.11. The van der Waals surface area contributed by atoms with E-state index in [2.05, 4.69) is 13.0 Å². The first-order chi connectivity index (χ1) is 7.92. The molecule has 1 rings (SSSR count). The van der Waals surface area contributed by atoms with Crippen LogP contribution in [0.4, 0.5) is 0 Å². The van der Waals surface area contributed by atoms with Crippen LogP contribution in [0.1, 0.15) is 31.9 Å². The van der Waals surface area contributed by atoms with Gasteiger partial charge in [0.15, 0.2) is 11.5 Å². The van der Waals surface area contributed by atoms with Gasteiger partial charge in [0, 0.05) is 11.1 Å². The highest BCUT2D eigenvalue weighted by atomic mass is 16.5. The molecule has 0 bridgehead atoms. The second kappa shape index (κ2) is 5.41. The fourth-order valence-electron chi connectivity index (χ4n) is 2.01. The van der Waals surface area contributed by atoms with Gasteiger partial charge in [-0.1, -0.05) is 13.0 Å². The summed E-state index contributed by atoms with van der Waals surface area (Å²) in [6, 6.07) is 4.03. The van der Waals surface area contributed by atoms with Gasteiger partial charge < -0.3 is 15.2 Å². The Bertz CT molecular complexity index is 381. The standard InChI is InChI=1S/C14H23NO2/c1-6-10-7-8-12(16-4)13(17-5)11(10)9-14(2,3)15/h7-8H,6,9,15H2,1-5H3. The minimum atomic E-state index is -0.260. The Kier molecular flexibility index (Phi) is 4.40. The van der Waals surface area contributed by atoms with E-state index in [-0.39, 0.29) is 5.54 Å². The van der Waals surface area contributed by atoms with Gasteiger partial charge >= 0.3 is 0 Å². The summed E-state index contributed by atoms with van der Waals surface area (Å²) in [6.45, 7) is 6.17. The molecular weight excluding hydrogens is 214 g/mol. The van der Waals surface area contributed by atoms with Crippen molar-refractivity contribution in [2.45, 2.75) is 39.2 Å². The van der Waals surface area contributed by atoms with Crippen LogP contribution in [-0.4, -0.2) is 19.8 Å². The maximum Gasteiger partial charge on any atom is 0.164 e. The lowest BCUT2D eigenvalue weighted by atomic mass is 9.91. The molecule has 96 valence electrons. The van der Waals surface area contributed by atoms with Gasteiger partial charge in [0.25, 0.3) is 0 Å². The van der Waals surface area contributed by atoms with Crippen molar-refractivity contribution in [3.05, 3.63) is 23.3 Å². The van der Waals surface area contributed by atoms with Crippen LogP contribution in [0.5, 0.6) is 11.5 Å². The van der Waals surface area contributed by atoms with E-state index >= 15 is 0 Å². The average molecular weight is 237 g/mol. The summed E-state index contributed by atoms with van der Waals surface area (Å²) in [5.41, 5.74) is 8.27. The molecular formula is C14H23NO2. The van der Waals surface area contributed by atoms with Gasteiger partial charge in [0.1, 0.15) is 0 Å². The molecule has 0 unspecified atom stereocenters. The Hall–Kier alpha value is -1.22. The number of hydrogen-bond acceptors (Lipinski definition) is 3. The van der Waals surface area contributed by atoms with Crippen molar-refractivity contribution in [3.63, 3.8) is 0 Å². The van der Waals surface area contributed by atoms with E-state index in [1.807, 2.05) is 19.9 Å². The fraction of sp³-hybridized carbons (Fsp3) is 0.571. The highest BCUT2D eigenvalue weighted by Gasteiger charge is 2.20. The topological polar surface area (TPSA) is 44.5 Å². The predicted molar refractivity (Wildman–Crippen MR) is 70.9 cm³/mol. The van der Waals surface area contributed by atoms with Crippen LogP contribution < -0.4 is 15.2 Å². The van der Waals surface area contributed by atoms with E-state index in [9.17, 15) is 0 Å². The monoisotopic (exact) mass is 237 g/mol. The van der Waals surface area contributed by atoms with Crippen molar-refractivity contribution in [2.24, 2.45) is 5.73 Å². The summed E-state index contributed by atoms with van der Waals surface area (Å²) in [5, 5.41) is 0. The molecule has 0 aliphatic heterocycles. The van der Waals surface area contributed by atoms with Crippen LogP contribution in [0.2, 0.25) is 0 Å². The number of aryl methyl sites for hydroxylation is 1. The normalized spacial score (nSPS) is 11.4. The summed E-state index contributed by atoms with van der Waals surface area (Å²) < 4.78 is 10.8. The summed E-state index contributed by atoms with van der Waals surface area (Å²) in [6.07, 6.45) is 1.74. The van der Waals surface area contributed by atoms with Crippen molar-refractivity contribution in [2.75, 3.05) is 14.2 Å². The number of benzene rings is 1. The van der Waals surface area contributed by atoms with Crippen LogP contribution in [0.25, 0.3) is 0 Å². The van der Waals surface area contributed by atoms with E-state index in [1.165, 1.54) is 5.56 Å². The smallest absolute Gasteiger partial charge is 0.164 e. The number of methoxy groups -OCH3 is 2. The van der Waals surface area contributed by atoms with Crippen molar-refractivity contribution >= 4 is 0 Å². The quantitative estimate of drug-likeness (QED) is 0.856. The number of nitrogens with two attached hydrogens (primary N) is 1. The molecule has 0 saturated heterocycles. The molecule has 1 aromatic rings. The van der Waals surface area contributed by atoms with Gasteiger partial charge in [0.2, 0.25) is 0 Å². The Labute approximate surface area is 104 Å². The van der Waals surface area contributed by atoms with Gasteiger partial charge in [-0.05, 0) is 38.3 Å². The molecule has 0 heterocycles. The SMILES string of the molecule is CCc1ccc(OC)c(OC)c1CC(C)(C)N. The first-order valence-electron chi connectivity index (χ1n) is 5.94. The minimum Gasteiger partial charge on any atom is -0.493 e. The molecule has 1 aromatic carbocycles. The second-order valence-corrected chi connectivity index (χ2v) is 4.96. The molecule has 0 fully saturated rings. The van der Waals surface area contributed by atoms with Gasteiger partial charge in [-0.15, -0.1) is 0 Å². The molecule has 0 amide bonds. The Morgan fingerprint density at radius 3 is 2.24 bits per heavy atom. The molecule has 0 atom stereocenters. The van der Waals surface area contributed by atoms with E-state index in [0.717, 1.165) is 29.9 Å². The number of ether oxygens (including phenoxy) is 2. The third-order valence-electron chi connectivity index (χ3n) is 2.76. The fourth-order valence-corrected chi connectivity index (χ4v) is 2.01. The lowest BCUT2D eigenvalue weighted by Crippen LogP contribution is -2.35. The second-order valence-electron chi connectivity index (χ2n) is 4.96. The Morgan fingerprint density at radius 2 is 1.82 bits per heavy atom. The first-order valence-corrected chi connectivity index (χ1v) is 5.94. The third kappa shape index (κ3) is 3.37.